The van der Waals surface area contributed by atoms with Gasteiger partial charge in [-0.05, 0) is 49.2 Å². The highest BCUT2D eigenvalue weighted by Gasteiger charge is 2.19. The van der Waals surface area contributed by atoms with Gasteiger partial charge in [-0.15, -0.1) is 0 Å². The fraction of sp³-hybridized carbons (Fsp3) is 0.438. The molecule has 2 aromatic rings. The van der Waals surface area contributed by atoms with Gasteiger partial charge in [-0.25, -0.2) is 0 Å². The Bertz CT molecular complexity index is 589. The molecule has 0 aliphatic carbocycles. The van der Waals surface area contributed by atoms with Crippen molar-refractivity contribution in [2.75, 3.05) is 13.7 Å². The normalized spacial score (nSPS) is 12.4. The van der Waals surface area contributed by atoms with Gasteiger partial charge in [0.15, 0.2) is 0 Å². The van der Waals surface area contributed by atoms with Crippen LogP contribution in [0.5, 0.6) is 5.75 Å². The molecule has 0 aliphatic rings. The predicted molar refractivity (Wildman–Crippen MR) is 81.2 cm³/mol. The molecule has 4 nitrogen and oxygen atoms in total. The molecule has 1 heterocycles. The maximum atomic E-state index is 5.39. The molecule has 1 atom stereocenters. The molecular formula is C16H23N3O. The zero-order valence-electron chi connectivity index (χ0n) is 12.9. The molecule has 0 saturated heterocycles. The summed E-state index contributed by atoms with van der Waals surface area (Å²) in [5.41, 5.74) is 4.65. The van der Waals surface area contributed by atoms with Crippen LogP contribution in [0.25, 0.3) is 0 Å². The van der Waals surface area contributed by atoms with Crippen molar-refractivity contribution in [2.45, 2.75) is 26.8 Å². The van der Waals surface area contributed by atoms with Gasteiger partial charge < -0.3 is 10.1 Å². The van der Waals surface area contributed by atoms with E-state index in [-0.39, 0.29) is 6.04 Å². The van der Waals surface area contributed by atoms with Crippen molar-refractivity contribution < 1.29 is 4.74 Å². The van der Waals surface area contributed by atoms with E-state index in [4.69, 9.17) is 4.74 Å². The first kappa shape index (κ1) is 14.6. The molecule has 108 valence electrons. The lowest BCUT2D eigenvalue weighted by Gasteiger charge is -2.20. The predicted octanol–water partition coefficient (Wildman–Crippen LogP) is 2.74. The zero-order valence-corrected chi connectivity index (χ0v) is 12.9. The summed E-state index contributed by atoms with van der Waals surface area (Å²) in [6.45, 7) is 7.20. The van der Waals surface area contributed by atoms with Gasteiger partial charge in [-0.1, -0.05) is 13.0 Å². The molecular weight excluding hydrogens is 250 g/mol. The van der Waals surface area contributed by atoms with Crippen LogP contribution in [0.1, 0.15) is 35.3 Å². The van der Waals surface area contributed by atoms with Gasteiger partial charge in [0.1, 0.15) is 5.75 Å². The van der Waals surface area contributed by atoms with Crippen LogP contribution in [0, 0.1) is 13.8 Å². The smallest absolute Gasteiger partial charge is 0.122 e. The van der Waals surface area contributed by atoms with E-state index >= 15 is 0 Å². The quantitative estimate of drug-likeness (QED) is 0.910. The molecule has 1 aromatic heterocycles. The third-order valence-electron chi connectivity index (χ3n) is 3.53. The van der Waals surface area contributed by atoms with E-state index < -0.39 is 0 Å². The Hall–Kier alpha value is -1.81. The second-order valence-corrected chi connectivity index (χ2v) is 5.08. The Labute approximate surface area is 120 Å². The molecule has 0 fully saturated rings. The number of rotatable bonds is 5. The average Bonchev–Trinajstić information content (AvgIpc) is 2.85. The highest BCUT2D eigenvalue weighted by molar-refractivity contribution is 5.44. The summed E-state index contributed by atoms with van der Waals surface area (Å²) in [7, 11) is 3.65. The molecule has 1 aromatic carbocycles. The molecule has 2 rings (SSSR count). The van der Waals surface area contributed by atoms with Crippen LogP contribution in [-0.4, -0.2) is 23.4 Å². The van der Waals surface area contributed by atoms with Gasteiger partial charge in [0.25, 0.3) is 0 Å². The van der Waals surface area contributed by atoms with Crippen LogP contribution in [-0.2, 0) is 7.05 Å². The molecule has 0 amide bonds. The van der Waals surface area contributed by atoms with E-state index in [9.17, 15) is 0 Å². The summed E-state index contributed by atoms with van der Waals surface area (Å²) in [6, 6.07) is 6.46. The molecule has 0 radical (unpaired) electrons. The number of hydrogen-bond acceptors (Lipinski definition) is 3. The van der Waals surface area contributed by atoms with E-state index in [1.165, 1.54) is 11.1 Å². The number of hydrogen-bond donors (Lipinski definition) is 1. The van der Waals surface area contributed by atoms with E-state index in [2.05, 4.69) is 49.4 Å². The number of ether oxygens (including phenoxy) is 1. The van der Waals surface area contributed by atoms with Crippen LogP contribution in [0.2, 0.25) is 0 Å². The van der Waals surface area contributed by atoms with Crippen molar-refractivity contribution in [3.05, 3.63) is 46.8 Å². The third-order valence-corrected chi connectivity index (χ3v) is 3.53. The fourth-order valence-electron chi connectivity index (χ4n) is 2.51. The van der Waals surface area contributed by atoms with Crippen LogP contribution in [0.3, 0.4) is 0 Å². The second-order valence-electron chi connectivity index (χ2n) is 5.08. The first-order valence-corrected chi connectivity index (χ1v) is 6.94. The van der Waals surface area contributed by atoms with Crippen LogP contribution < -0.4 is 10.1 Å². The van der Waals surface area contributed by atoms with Gasteiger partial charge in [-0.2, -0.15) is 5.10 Å². The highest BCUT2D eigenvalue weighted by atomic mass is 16.5. The van der Waals surface area contributed by atoms with Crippen LogP contribution in [0.4, 0.5) is 0 Å². The largest absolute Gasteiger partial charge is 0.496 e. The molecule has 0 spiro atoms. The molecule has 4 heteroatoms. The Morgan fingerprint density at radius 3 is 2.60 bits per heavy atom. The number of methoxy groups -OCH3 is 1. The third kappa shape index (κ3) is 2.85. The number of aromatic nitrogens is 2. The van der Waals surface area contributed by atoms with Crippen molar-refractivity contribution in [1.29, 1.82) is 0 Å². The number of nitrogens with one attached hydrogen (secondary N) is 1. The van der Waals surface area contributed by atoms with Crippen molar-refractivity contribution in [3.8, 4) is 5.75 Å². The van der Waals surface area contributed by atoms with Gasteiger partial charge in [0.2, 0.25) is 0 Å². The Morgan fingerprint density at radius 1 is 1.30 bits per heavy atom. The van der Waals surface area contributed by atoms with Crippen LogP contribution >= 0.6 is 0 Å². The Kier molecular flexibility index (Phi) is 4.45. The minimum atomic E-state index is 0.116. The fourth-order valence-corrected chi connectivity index (χ4v) is 2.51. The molecule has 0 bridgehead atoms. The summed E-state index contributed by atoms with van der Waals surface area (Å²) in [5, 5.41) is 8.06. The Balaban J connectivity index is 2.46. The SMILES string of the molecule is CCNC(c1ccn(C)n1)c1cc(C)c(OC)cc1C. The van der Waals surface area contributed by atoms with Gasteiger partial charge in [0.05, 0.1) is 18.8 Å². The number of nitrogens with zero attached hydrogens (tertiary/aromatic N) is 2. The summed E-state index contributed by atoms with van der Waals surface area (Å²) in [6.07, 6.45) is 1.98. The zero-order chi connectivity index (χ0) is 14.7. The minimum absolute atomic E-state index is 0.116. The lowest BCUT2D eigenvalue weighted by atomic mass is 9.96. The number of aryl methyl sites for hydroxylation is 3. The monoisotopic (exact) mass is 273 g/mol. The van der Waals surface area contributed by atoms with Crippen molar-refractivity contribution >= 4 is 0 Å². The minimum Gasteiger partial charge on any atom is -0.496 e. The van der Waals surface area contributed by atoms with Gasteiger partial charge in [-0.3, -0.25) is 4.68 Å². The average molecular weight is 273 g/mol. The summed E-state index contributed by atoms with van der Waals surface area (Å²) in [5.74, 6) is 0.933. The van der Waals surface area contributed by atoms with E-state index in [0.717, 1.165) is 23.6 Å². The van der Waals surface area contributed by atoms with E-state index in [1.807, 2.05) is 17.9 Å². The van der Waals surface area contributed by atoms with Crippen LogP contribution in [0.15, 0.2) is 24.4 Å². The second kappa shape index (κ2) is 6.09. The first-order chi connectivity index (χ1) is 9.56. The first-order valence-electron chi connectivity index (χ1n) is 6.94. The summed E-state index contributed by atoms with van der Waals surface area (Å²) < 4.78 is 7.23. The molecule has 0 aliphatic heterocycles. The summed E-state index contributed by atoms with van der Waals surface area (Å²) >= 11 is 0. The Morgan fingerprint density at radius 2 is 2.05 bits per heavy atom. The molecule has 0 saturated carbocycles. The van der Waals surface area contributed by atoms with Gasteiger partial charge in [0, 0.05) is 13.2 Å². The number of benzene rings is 1. The maximum absolute atomic E-state index is 5.39. The molecule has 20 heavy (non-hydrogen) atoms. The molecule has 1 N–H and O–H groups in total. The van der Waals surface area contributed by atoms with E-state index in [0.29, 0.717) is 0 Å². The molecule has 1 unspecified atom stereocenters. The highest BCUT2D eigenvalue weighted by Crippen LogP contribution is 2.29. The van der Waals surface area contributed by atoms with Gasteiger partial charge >= 0.3 is 0 Å². The van der Waals surface area contributed by atoms with E-state index in [1.54, 1.807) is 7.11 Å². The standard InChI is InChI=1S/C16H23N3O/c1-6-17-16(14-7-8-19(4)18-14)13-9-12(3)15(20-5)10-11(13)2/h7-10,16-17H,6H2,1-5H3. The van der Waals surface area contributed by atoms with Crippen molar-refractivity contribution in [3.63, 3.8) is 0 Å². The topological polar surface area (TPSA) is 39.1 Å². The van der Waals surface area contributed by atoms with Crippen molar-refractivity contribution in [1.82, 2.24) is 15.1 Å². The summed E-state index contributed by atoms with van der Waals surface area (Å²) in [4.78, 5) is 0. The maximum Gasteiger partial charge on any atom is 0.122 e. The lowest BCUT2D eigenvalue weighted by Crippen LogP contribution is -2.23. The van der Waals surface area contributed by atoms with Crippen molar-refractivity contribution in [2.24, 2.45) is 7.05 Å². The lowest BCUT2D eigenvalue weighted by molar-refractivity contribution is 0.411.